The summed E-state index contributed by atoms with van der Waals surface area (Å²) in [7, 11) is 0. The van der Waals surface area contributed by atoms with Gasteiger partial charge in [0.2, 0.25) is 5.82 Å². The summed E-state index contributed by atoms with van der Waals surface area (Å²) >= 11 is 0. The van der Waals surface area contributed by atoms with E-state index >= 15 is 0 Å². The summed E-state index contributed by atoms with van der Waals surface area (Å²) < 4.78 is 1.58. The van der Waals surface area contributed by atoms with E-state index in [1.165, 1.54) is 12.8 Å². The number of hydrogen-bond acceptors (Lipinski definition) is 5. The van der Waals surface area contributed by atoms with Crippen molar-refractivity contribution in [2.75, 3.05) is 19.6 Å². The van der Waals surface area contributed by atoms with E-state index in [-0.39, 0.29) is 11.7 Å². The number of hydrogen-bond donors (Lipinski definition) is 2. The van der Waals surface area contributed by atoms with Crippen LogP contribution in [-0.4, -0.2) is 45.1 Å². The predicted molar refractivity (Wildman–Crippen MR) is 78.1 cm³/mol. The van der Waals surface area contributed by atoms with E-state index in [4.69, 9.17) is 0 Å². The van der Waals surface area contributed by atoms with E-state index in [1.54, 1.807) is 10.7 Å². The fourth-order valence-electron chi connectivity index (χ4n) is 2.64. The van der Waals surface area contributed by atoms with Gasteiger partial charge in [0.05, 0.1) is 0 Å². The molecular formula is C14H20N6O. The van der Waals surface area contributed by atoms with Gasteiger partial charge in [-0.3, -0.25) is 4.79 Å². The average molecular weight is 288 g/mol. The maximum Gasteiger partial charge on any atom is 0.291 e. The minimum absolute atomic E-state index is 0.179. The number of amides is 1. The van der Waals surface area contributed by atoms with Crippen LogP contribution in [0.4, 0.5) is 0 Å². The van der Waals surface area contributed by atoms with Crippen LogP contribution in [0, 0.1) is 12.8 Å². The Morgan fingerprint density at radius 2 is 2.48 bits per heavy atom. The van der Waals surface area contributed by atoms with Crippen LogP contribution in [0.15, 0.2) is 12.3 Å². The number of carbonyl (C=O) groups is 1. The van der Waals surface area contributed by atoms with Gasteiger partial charge in [-0.15, -0.1) is 5.10 Å². The number of carbonyl (C=O) groups excluding carboxylic acids is 1. The van der Waals surface area contributed by atoms with Crippen LogP contribution < -0.4 is 10.6 Å². The third-order valence-electron chi connectivity index (χ3n) is 3.87. The van der Waals surface area contributed by atoms with E-state index in [2.05, 4.69) is 25.7 Å². The number of fused-ring (bicyclic) bond motifs is 1. The van der Waals surface area contributed by atoms with Crippen LogP contribution in [0.25, 0.3) is 5.78 Å². The number of nitrogens with one attached hydrogen (secondary N) is 2. The molecule has 2 N–H and O–H groups in total. The average Bonchev–Trinajstić information content (AvgIpc) is 2.94. The molecule has 0 saturated carbocycles. The summed E-state index contributed by atoms with van der Waals surface area (Å²) in [6.45, 7) is 4.72. The van der Waals surface area contributed by atoms with Crippen LogP contribution >= 0.6 is 0 Å². The first kappa shape index (κ1) is 13.9. The topological polar surface area (TPSA) is 84.2 Å². The number of rotatable bonds is 4. The Balaban J connectivity index is 1.57. The lowest BCUT2D eigenvalue weighted by molar-refractivity contribution is 0.0940. The van der Waals surface area contributed by atoms with Gasteiger partial charge in [0.15, 0.2) is 0 Å². The van der Waals surface area contributed by atoms with Gasteiger partial charge < -0.3 is 10.6 Å². The largest absolute Gasteiger partial charge is 0.349 e. The molecule has 0 aliphatic carbocycles. The van der Waals surface area contributed by atoms with Crippen molar-refractivity contribution in [2.45, 2.75) is 26.2 Å². The number of piperidine rings is 1. The fraction of sp³-hybridized carbons (Fsp3) is 0.571. The lowest BCUT2D eigenvalue weighted by Crippen LogP contribution is -2.33. The van der Waals surface area contributed by atoms with Crippen molar-refractivity contribution in [2.24, 2.45) is 5.92 Å². The Kier molecular flexibility index (Phi) is 4.10. The van der Waals surface area contributed by atoms with Gasteiger partial charge in [-0.25, -0.2) is 9.50 Å². The molecule has 7 nitrogen and oxygen atoms in total. The molecule has 112 valence electrons. The lowest BCUT2D eigenvalue weighted by Gasteiger charge is -2.22. The zero-order valence-corrected chi connectivity index (χ0v) is 12.2. The lowest BCUT2D eigenvalue weighted by atomic mass is 9.96. The molecular weight excluding hydrogens is 268 g/mol. The molecule has 0 bridgehead atoms. The number of aromatic nitrogens is 4. The van der Waals surface area contributed by atoms with Crippen molar-refractivity contribution in [3.05, 3.63) is 23.8 Å². The molecule has 1 amide bonds. The molecule has 3 heterocycles. The summed E-state index contributed by atoms with van der Waals surface area (Å²) in [4.78, 5) is 20.3. The van der Waals surface area contributed by atoms with Crippen LogP contribution in [0.5, 0.6) is 0 Å². The van der Waals surface area contributed by atoms with Gasteiger partial charge in [-0.05, 0) is 51.3 Å². The molecule has 0 radical (unpaired) electrons. The van der Waals surface area contributed by atoms with Crippen molar-refractivity contribution < 1.29 is 4.79 Å². The third kappa shape index (κ3) is 3.18. The second-order valence-corrected chi connectivity index (χ2v) is 5.49. The zero-order valence-electron chi connectivity index (χ0n) is 12.2. The highest BCUT2D eigenvalue weighted by atomic mass is 16.2. The smallest absolute Gasteiger partial charge is 0.291 e. The molecule has 21 heavy (non-hydrogen) atoms. The standard InChI is InChI=1S/C14H20N6O/c1-10-4-7-17-14-18-12(19-20(10)14)13(21)16-8-5-11-3-2-6-15-9-11/h4,7,11,15H,2-3,5-6,8-9H2,1H3,(H,16,21). The van der Waals surface area contributed by atoms with Crippen molar-refractivity contribution in [1.29, 1.82) is 0 Å². The SMILES string of the molecule is Cc1ccnc2nc(C(=O)NCCC3CCCNC3)nn12. The van der Waals surface area contributed by atoms with E-state index in [0.29, 0.717) is 18.2 Å². The summed E-state index contributed by atoms with van der Waals surface area (Å²) in [6.07, 6.45) is 5.11. The Morgan fingerprint density at radius 1 is 1.57 bits per heavy atom. The summed E-state index contributed by atoms with van der Waals surface area (Å²) in [5, 5.41) is 10.5. The molecule has 1 unspecified atom stereocenters. The van der Waals surface area contributed by atoms with E-state index in [9.17, 15) is 4.79 Å². The Hall–Kier alpha value is -2.02. The summed E-state index contributed by atoms with van der Waals surface area (Å²) in [5.41, 5.74) is 0.903. The molecule has 1 aliphatic heterocycles. The maximum atomic E-state index is 12.1. The molecule has 2 aromatic heterocycles. The van der Waals surface area contributed by atoms with E-state index in [1.807, 2.05) is 13.0 Å². The molecule has 1 aliphatic rings. The molecule has 0 spiro atoms. The zero-order chi connectivity index (χ0) is 14.7. The van der Waals surface area contributed by atoms with Gasteiger partial charge in [0, 0.05) is 18.4 Å². The van der Waals surface area contributed by atoms with Gasteiger partial charge in [-0.1, -0.05) is 0 Å². The molecule has 1 saturated heterocycles. The Labute approximate surface area is 123 Å². The van der Waals surface area contributed by atoms with E-state index in [0.717, 1.165) is 25.2 Å². The van der Waals surface area contributed by atoms with Crippen LogP contribution in [-0.2, 0) is 0 Å². The van der Waals surface area contributed by atoms with E-state index < -0.39 is 0 Å². The second-order valence-electron chi connectivity index (χ2n) is 5.49. The Morgan fingerprint density at radius 3 is 3.24 bits per heavy atom. The second kappa shape index (κ2) is 6.17. The summed E-state index contributed by atoms with van der Waals surface area (Å²) in [5.74, 6) is 1.05. The first-order valence-corrected chi connectivity index (χ1v) is 7.41. The summed E-state index contributed by atoms with van der Waals surface area (Å²) in [6, 6.07) is 1.83. The van der Waals surface area contributed by atoms with Crippen molar-refractivity contribution in [3.63, 3.8) is 0 Å². The van der Waals surface area contributed by atoms with Gasteiger partial charge in [-0.2, -0.15) is 4.98 Å². The fourth-order valence-corrected chi connectivity index (χ4v) is 2.64. The minimum Gasteiger partial charge on any atom is -0.349 e. The minimum atomic E-state index is -0.233. The van der Waals surface area contributed by atoms with Gasteiger partial charge >= 0.3 is 0 Å². The van der Waals surface area contributed by atoms with Crippen LogP contribution in [0.1, 0.15) is 35.6 Å². The first-order valence-electron chi connectivity index (χ1n) is 7.41. The number of nitrogens with zero attached hydrogens (tertiary/aromatic N) is 4. The molecule has 3 rings (SSSR count). The molecule has 2 aromatic rings. The van der Waals surface area contributed by atoms with Crippen molar-refractivity contribution in [3.8, 4) is 0 Å². The first-order chi connectivity index (χ1) is 10.2. The van der Waals surface area contributed by atoms with Crippen molar-refractivity contribution >= 4 is 11.7 Å². The quantitative estimate of drug-likeness (QED) is 0.858. The van der Waals surface area contributed by atoms with Crippen molar-refractivity contribution in [1.82, 2.24) is 30.2 Å². The highest BCUT2D eigenvalue weighted by Gasteiger charge is 2.16. The third-order valence-corrected chi connectivity index (χ3v) is 3.87. The van der Waals surface area contributed by atoms with Gasteiger partial charge in [0.1, 0.15) is 0 Å². The monoisotopic (exact) mass is 288 g/mol. The molecule has 1 atom stereocenters. The Bertz CT molecular complexity index is 631. The predicted octanol–water partition coefficient (Wildman–Crippen LogP) is 0.552. The van der Waals surface area contributed by atoms with Crippen LogP contribution in [0.3, 0.4) is 0 Å². The highest BCUT2D eigenvalue weighted by molar-refractivity contribution is 5.90. The molecule has 7 heteroatoms. The normalized spacial score (nSPS) is 18.8. The van der Waals surface area contributed by atoms with Gasteiger partial charge in [0.25, 0.3) is 11.7 Å². The van der Waals surface area contributed by atoms with Crippen LogP contribution in [0.2, 0.25) is 0 Å². The maximum absolute atomic E-state index is 12.1. The number of aryl methyl sites for hydroxylation is 1. The highest BCUT2D eigenvalue weighted by Crippen LogP contribution is 2.12. The molecule has 0 aromatic carbocycles. The molecule has 1 fully saturated rings.